The number of ether oxygens (including phenoxy) is 1. The molecule has 94 valence electrons. The number of nitrogens with two attached hydrogens (primary N) is 1. The molecular weight excluding hydrogens is 220 g/mol. The van der Waals surface area contributed by atoms with Crippen LogP contribution in [-0.2, 0) is 16.1 Å². The molecule has 5 heteroatoms. The van der Waals surface area contributed by atoms with Gasteiger partial charge in [0.1, 0.15) is 12.6 Å². The van der Waals surface area contributed by atoms with Gasteiger partial charge in [0, 0.05) is 18.0 Å². The first-order valence-corrected chi connectivity index (χ1v) is 5.55. The summed E-state index contributed by atoms with van der Waals surface area (Å²) in [5, 5.41) is 0. The van der Waals surface area contributed by atoms with Crippen LogP contribution in [0.3, 0.4) is 0 Å². The van der Waals surface area contributed by atoms with E-state index in [0.717, 1.165) is 0 Å². The second-order valence-corrected chi connectivity index (χ2v) is 4.37. The predicted octanol–water partition coefficient (Wildman–Crippen LogP) is 1.02. The minimum absolute atomic E-state index is 0.110. The summed E-state index contributed by atoms with van der Waals surface area (Å²) in [6.07, 6.45) is 1.27. The second-order valence-electron chi connectivity index (χ2n) is 4.37. The van der Waals surface area contributed by atoms with E-state index in [1.165, 1.54) is 22.9 Å². The van der Waals surface area contributed by atoms with Crippen LogP contribution in [0, 0.1) is 5.92 Å². The fourth-order valence-corrected chi connectivity index (χ4v) is 1.19. The van der Waals surface area contributed by atoms with Crippen LogP contribution in [-0.4, -0.2) is 16.6 Å². The number of hydrogen-bond donors (Lipinski definition) is 1. The molecule has 0 saturated carbocycles. The summed E-state index contributed by atoms with van der Waals surface area (Å²) in [5.41, 5.74) is 5.71. The largest absolute Gasteiger partial charge is 0.461 e. The fourth-order valence-electron chi connectivity index (χ4n) is 1.19. The lowest BCUT2D eigenvalue weighted by Crippen LogP contribution is -2.28. The molecule has 1 heterocycles. The molecule has 0 saturated heterocycles. The molecule has 1 unspecified atom stereocenters. The van der Waals surface area contributed by atoms with Crippen molar-refractivity contribution in [3.05, 3.63) is 28.7 Å². The van der Waals surface area contributed by atoms with Gasteiger partial charge in [-0.05, 0) is 18.9 Å². The Hall–Kier alpha value is -1.78. The van der Waals surface area contributed by atoms with Crippen molar-refractivity contribution in [2.75, 3.05) is 5.73 Å². The number of pyridine rings is 1. The molecule has 17 heavy (non-hydrogen) atoms. The molecule has 0 radical (unpaired) electrons. The van der Waals surface area contributed by atoms with Crippen molar-refractivity contribution in [3.63, 3.8) is 0 Å². The summed E-state index contributed by atoms with van der Waals surface area (Å²) in [5.74, 6) is -0.185. The van der Waals surface area contributed by atoms with Gasteiger partial charge in [-0.2, -0.15) is 0 Å². The number of aromatic nitrogens is 1. The standard InChI is InChI=1S/C12H18N2O3/c1-8(2)9(3)17-12(16)7-14-6-10(13)4-5-11(14)15/h4-6,8-9H,7,13H2,1-3H3. The minimum atomic E-state index is -0.432. The molecule has 0 aliphatic carbocycles. The Morgan fingerprint density at radius 2 is 2.06 bits per heavy atom. The Kier molecular flexibility index (Phi) is 4.31. The van der Waals surface area contributed by atoms with Crippen molar-refractivity contribution in [2.24, 2.45) is 5.92 Å². The number of esters is 1. The molecule has 0 aromatic carbocycles. The highest BCUT2D eigenvalue weighted by Crippen LogP contribution is 2.06. The van der Waals surface area contributed by atoms with Crippen LogP contribution in [0.25, 0.3) is 0 Å². The Morgan fingerprint density at radius 1 is 1.41 bits per heavy atom. The summed E-state index contributed by atoms with van der Waals surface area (Å²) < 4.78 is 6.41. The van der Waals surface area contributed by atoms with E-state index in [-0.39, 0.29) is 24.1 Å². The van der Waals surface area contributed by atoms with Gasteiger partial charge in [-0.15, -0.1) is 0 Å². The molecule has 1 aromatic rings. The van der Waals surface area contributed by atoms with Gasteiger partial charge in [-0.1, -0.05) is 13.8 Å². The van der Waals surface area contributed by atoms with Gasteiger partial charge in [-0.3, -0.25) is 9.59 Å². The third kappa shape index (κ3) is 3.94. The molecule has 0 bridgehead atoms. The first kappa shape index (κ1) is 13.3. The van der Waals surface area contributed by atoms with Gasteiger partial charge in [0.05, 0.1) is 0 Å². The summed E-state index contributed by atoms with van der Waals surface area (Å²) >= 11 is 0. The van der Waals surface area contributed by atoms with E-state index in [1.54, 1.807) is 0 Å². The smallest absolute Gasteiger partial charge is 0.326 e. The highest BCUT2D eigenvalue weighted by Gasteiger charge is 2.13. The highest BCUT2D eigenvalue weighted by molar-refractivity contribution is 5.69. The van der Waals surface area contributed by atoms with E-state index < -0.39 is 5.97 Å². The lowest BCUT2D eigenvalue weighted by molar-refractivity contribution is -0.151. The first-order valence-electron chi connectivity index (χ1n) is 5.55. The van der Waals surface area contributed by atoms with Gasteiger partial charge in [0.2, 0.25) is 0 Å². The third-order valence-corrected chi connectivity index (χ3v) is 2.56. The lowest BCUT2D eigenvalue weighted by Gasteiger charge is -2.16. The SMILES string of the molecule is CC(C)C(C)OC(=O)Cn1cc(N)ccc1=O. The van der Waals surface area contributed by atoms with E-state index in [0.29, 0.717) is 5.69 Å². The van der Waals surface area contributed by atoms with E-state index >= 15 is 0 Å². The molecule has 5 nitrogen and oxygen atoms in total. The number of hydrogen-bond acceptors (Lipinski definition) is 4. The van der Waals surface area contributed by atoms with Crippen molar-refractivity contribution in [1.29, 1.82) is 0 Å². The van der Waals surface area contributed by atoms with Gasteiger partial charge in [-0.25, -0.2) is 0 Å². The summed E-state index contributed by atoms with van der Waals surface area (Å²) in [7, 11) is 0. The van der Waals surface area contributed by atoms with Crippen LogP contribution in [0.5, 0.6) is 0 Å². The monoisotopic (exact) mass is 238 g/mol. The van der Waals surface area contributed by atoms with E-state index in [9.17, 15) is 9.59 Å². The zero-order valence-corrected chi connectivity index (χ0v) is 10.3. The van der Waals surface area contributed by atoms with E-state index in [4.69, 9.17) is 10.5 Å². The molecule has 1 rings (SSSR count). The number of nitrogens with zero attached hydrogens (tertiary/aromatic N) is 1. The van der Waals surface area contributed by atoms with Crippen molar-refractivity contribution < 1.29 is 9.53 Å². The Balaban J connectivity index is 2.68. The lowest BCUT2D eigenvalue weighted by atomic mass is 10.1. The summed E-state index contributed by atoms with van der Waals surface area (Å²) in [6, 6.07) is 2.83. The van der Waals surface area contributed by atoms with Crippen LogP contribution in [0.4, 0.5) is 5.69 Å². The number of nitrogen functional groups attached to an aromatic ring is 1. The number of anilines is 1. The maximum absolute atomic E-state index is 11.6. The molecule has 0 aliphatic rings. The predicted molar refractivity (Wildman–Crippen MR) is 65.5 cm³/mol. The molecule has 0 amide bonds. The van der Waals surface area contributed by atoms with E-state index in [2.05, 4.69) is 0 Å². The number of carbonyl (C=O) groups is 1. The third-order valence-electron chi connectivity index (χ3n) is 2.56. The van der Waals surface area contributed by atoms with Crippen LogP contribution < -0.4 is 11.3 Å². The number of rotatable bonds is 4. The van der Waals surface area contributed by atoms with Gasteiger partial charge in [0.25, 0.3) is 5.56 Å². The average Bonchev–Trinajstić information content (AvgIpc) is 2.23. The van der Waals surface area contributed by atoms with Gasteiger partial charge < -0.3 is 15.0 Å². The van der Waals surface area contributed by atoms with Crippen LogP contribution >= 0.6 is 0 Å². The van der Waals surface area contributed by atoms with Crippen LogP contribution in [0.1, 0.15) is 20.8 Å². The van der Waals surface area contributed by atoms with Crippen LogP contribution in [0.15, 0.2) is 23.1 Å². The molecule has 1 atom stereocenters. The first-order chi connectivity index (χ1) is 7.90. The highest BCUT2D eigenvalue weighted by atomic mass is 16.5. The molecule has 0 spiro atoms. The molecule has 1 aromatic heterocycles. The van der Waals surface area contributed by atoms with Crippen molar-refractivity contribution >= 4 is 11.7 Å². The summed E-state index contributed by atoms with van der Waals surface area (Å²) in [6.45, 7) is 5.64. The Labute approximate surface area is 100 Å². The average molecular weight is 238 g/mol. The molecule has 0 aliphatic heterocycles. The Bertz CT molecular complexity index is 451. The zero-order chi connectivity index (χ0) is 13.0. The van der Waals surface area contributed by atoms with Crippen molar-refractivity contribution in [1.82, 2.24) is 4.57 Å². The quantitative estimate of drug-likeness (QED) is 0.795. The van der Waals surface area contributed by atoms with Crippen LogP contribution in [0.2, 0.25) is 0 Å². The van der Waals surface area contributed by atoms with Crippen molar-refractivity contribution in [2.45, 2.75) is 33.4 Å². The maximum atomic E-state index is 11.6. The minimum Gasteiger partial charge on any atom is -0.461 e. The van der Waals surface area contributed by atoms with Gasteiger partial charge >= 0.3 is 5.97 Å². The second kappa shape index (κ2) is 5.52. The molecular formula is C12H18N2O3. The molecule has 0 fully saturated rings. The molecule has 2 N–H and O–H groups in total. The maximum Gasteiger partial charge on any atom is 0.326 e. The summed E-state index contributed by atoms with van der Waals surface area (Å²) in [4.78, 5) is 23.0. The number of carbonyl (C=O) groups excluding carboxylic acids is 1. The van der Waals surface area contributed by atoms with E-state index in [1.807, 2.05) is 20.8 Å². The fraction of sp³-hybridized carbons (Fsp3) is 0.500. The normalized spacial score (nSPS) is 12.5. The zero-order valence-electron chi connectivity index (χ0n) is 10.3. The van der Waals surface area contributed by atoms with Crippen molar-refractivity contribution in [3.8, 4) is 0 Å². The van der Waals surface area contributed by atoms with Gasteiger partial charge in [0.15, 0.2) is 0 Å². The topological polar surface area (TPSA) is 74.3 Å². The Morgan fingerprint density at radius 3 is 2.65 bits per heavy atom.